The van der Waals surface area contributed by atoms with E-state index in [-0.39, 0.29) is 53.0 Å². The number of para-hydroxylation sites is 1. The number of carbonyl (C=O) groups excluding carboxylic acids is 2. The van der Waals surface area contributed by atoms with Gasteiger partial charge in [0, 0.05) is 26.7 Å². The van der Waals surface area contributed by atoms with Crippen molar-refractivity contribution in [2.45, 2.75) is 108 Å². The second-order valence-corrected chi connectivity index (χ2v) is 31.4. The van der Waals surface area contributed by atoms with Gasteiger partial charge in [0.05, 0.1) is 54.3 Å². The van der Waals surface area contributed by atoms with Crippen molar-refractivity contribution in [2.75, 3.05) is 32.0 Å². The number of fused-ring (bicyclic) bond motifs is 1. The number of sulfone groups is 1. The first-order valence-electron chi connectivity index (χ1n) is 23.9. The summed E-state index contributed by atoms with van der Waals surface area (Å²) in [5, 5.41) is 13.6. The first kappa shape index (κ1) is 56.0. The van der Waals surface area contributed by atoms with Crippen molar-refractivity contribution >= 4 is 66.8 Å². The molecule has 0 aliphatic carbocycles. The summed E-state index contributed by atoms with van der Waals surface area (Å²) in [4.78, 5) is 33.7. The summed E-state index contributed by atoms with van der Waals surface area (Å²) >= 11 is 0.991. The monoisotopic (exact) mass is 1100 g/mol. The number of anilines is 1. The number of carbonyl (C=O) groups is 2. The molecule has 0 saturated heterocycles. The van der Waals surface area contributed by atoms with Gasteiger partial charge in [-0.25, -0.2) is 31.4 Å². The SMILES string of the molecule is COc1ccc(CN(Cc2ccc(OC)cc2)S(=O)(=O)c2c(S(=O)(=O)CC[Si](C)(C)C)ccc(-c3cccc4sc(N(C(=O)OC(C)(C)C)C(=O)OC(C)(C)C)nc34)c2-c2nnn(Cc3ccc(OC)cc3)n2)cc1. The van der Waals surface area contributed by atoms with E-state index in [1.807, 2.05) is 31.8 Å². The predicted octanol–water partition coefficient (Wildman–Crippen LogP) is 10.9. The van der Waals surface area contributed by atoms with Crippen molar-refractivity contribution in [1.29, 1.82) is 0 Å². The molecule has 2 aromatic heterocycles. The van der Waals surface area contributed by atoms with E-state index in [1.165, 1.54) is 35.5 Å². The number of hydrogen-bond acceptors (Lipinski definition) is 16. The molecule has 7 aromatic rings. The van der Waals surface area contributed by atoms with E-state index in [9.17, 15) is 9.59 Å². The van der Waals surface area contributed by atoms with E-state index in [2.05, 4.69) is 10.3 Å². The molecule has 2 amide bonds. The number of tetrazole rings is 1. The third kappa shape index (κ3) is 13.8. The van der Waals surface area contributed by atoms with Crippen molar-refractivity contribution < 1.29 is 50.1 Å². The molecule has 5 aromatic carbocycles. The van der Waals surface area contributed by atoms with Crippen LogP contribution < -0.4 is 19.1 Å². The molecule has 22 heteroatoms. The van der Waals surface area contributed by atoms with Gasteiger partial charge in [-0.1, -0.05) is 85.6 Å². The molecule has 0 unspecified atom stereocenters. The Kier molecular flexibility index (Phi) is 16.6. The number of benzene rings is 5. The van der Waals surface area contributed by atoms with Crippen LogP contribution in [0.3, 0.4) is 0 Å². The Morgan fingerprint density at radius 3 is 1.65 bits per heavy atom. The number of ether oxygens (including phenoxy) is 5. The molecule has 0 aliphatic heterocycles. The highest BCUT2D eigenvalue weighted by atomic mass is 32.2. The molecule has 0 aliphatic rings. The minimum atomic E-state index is -4.96. The second-order valence-electron chi connectivity index (χ2n) is 20.9. The molecule has 0 N–H and O–H groups in total. The van der Waals surface area contributed by atoms with Gasteiger partial charge in [0.2, 0.25) is 21.0 Å². The average molecular weight is 1100 g/mol. The number of nitrogens with zero attached hydrogens (tertiary/aromatic N) is 7. The van der Waals surface area contributed by atoms with Crippen molar-refractivity contribution in [2.24, 2.45) is 0 Å². The van der Waals surface area contributed by atoms with E-state index in [1.54, 1.807) is 128 Å². The van der Waals surface area contributed by atoms with Crippen LogP contribution in [-0.4, -0.2) is 105 Å². The number of imide groups is 1. The Balaban J connectivity index is 1.55. The number of thiazole rings is 1. The number of rotatable bonds is 18. The van der Waals surface area contributed by atoms with Crippen molar-refractivity contribution in [3.63, 3.8) is 0 Å². The van der Waals surface area contributed by atoms with Gasteiger partial charge >= 0.3 is 12.2 Å². The normalized spacial score (nSPS) is 12.4. The Morgan fingerprint density at radius 1 is 0.667 bits per heavy atom. The first-order chi connectivity index (χ1) is 35.2. The third-order valence-electron chi connectivity index (χ3n) is 11.4. The number of aromatic nitrogens is 5. The molecular formula is C53H63N7O11S3Si. The second kappa shape index (κ2) is 22.2. The lowest BCUT2D eigenvalue weighted by molar-refractivity contribution is 0.0430. The number of methoxy groups -OCH3 is 3. The van der Waals surface area contributed by atoms with Gasteiger partial charge in [0.25, 0.3) is 0 Å². The first-order valence-corrected chi connectivity index (χ1v) is 31.5. The van der Waals surface area contributed by atoms with Crippen molar-refractivity contribution in [3.05, 3.63) is 120 Å². The van der Waals surface area contributed by atoms with E-state index >= 15 is 16.8 Å². The summed E-state index contributed by atoms with van der Waals surface area (Å²) in [6, 6.07) is 29.3. The van der Waals surface area contributed by atoms with Crippen LogP contribution in [0.2, 0.25) is 25.7 Å². The largest absolute Gasteiger partial charge is 0.497 e. The maximum Gasteiger partial charge on any atom is 0.426 e. The topological polar surface area (TPSA) is 212 Å². The standard InChI is InChI=1S/C53H63N7O11S3Si/c1-52(2,3)70-50(61)60(51(62)71-53(4,5)6)49-54-46-42(14-13-15-43(46)72-49)41-28-29-44(73(63,64)30-31-75(10,11)12)47(45(41)48-55-57-59(56-48)34-37-20-26-40(69-9)27-21-37)74(65,66)58(32-35-16-22-38(67-7)23-17-35)33-36-18-24-39(68-8)25-19-36/h13-29H,30-34H2,1-12H3. The fraction of sp³-hybridized carbons (Fsp3) is 0.358. The van der Waals surface area contributed by atoms with Gasteiger partial charge in [-0.05, 0) is 124 Å². The van der Waals surface area contributed by atoms with Crippen LogP contribution in [0.25, 0.3) is 32.7 Å². The molecule has 0 saturated carbocycles. The fourth-order valence-electron chi connectivity index (χ4n) is 7.69. The highest BCUT2D eigenvalue weighted by Crippen LogP contribution is 2.45. The third-order valence-corrected chi connectivity index (χ3v) is 18.3. The molecular weight excluding hydrogens is 1030 g/mol. The molecule has 398 valence electrons. The molecule has 0 fully saturated rings. The number of sulfonamides is 1. The molecule has 0 bridgehead atoms. The molecule has 7 rings (SSSR count). The lowest BCUT2D eigenvalue weighted by Gasteiger charge is -2.27. The van der Waals surface area contributed by atoms with Crippen LogP contribution in [-0.2, 0) is 49.0 Å². The molecule has 0 atom stereocenters. The molecule has 18 nitrogen and oxygen atoms in total. The van der Waals surface area contributed by atoms with Gasteiger partial charge in [-0.3, -0.25) is 0 Å². The van der Waals surface area contributed by atoms with Crippen LogP contribution in [0.1, 0.15) is 58.2 Å². The van der Waals surface area contributed by atoms with Gasteiger partial charge in [-0.2, -0.15) is 14.0 Å². The summed E-state index contributed by atoms with van der Waals surface area (Å²) in [5.41, 5.74) is 0.417. The lowest BCUT2D eigenvalue weighted by atomic mass is 9.98. The maximum absolute atomic E-state index is 16.3. The Labute approximate surface area is 443 Å². The highest BCUT2D eigenvalue weighted by molar-refractivity contribution is 7.93. The smallest absolute Gasteiger partial charge is 0.426 e. The van der Waals surface area contributed by atoms with Gasteiger partial charge < -0.3 is 23.7 Å². The van der Waals surface area contributed by atoms with Gasteiger partial charge in [0.15, 0.2) is 9.84 Å². The van der Waals surface area contributed by atoms with E-state index < -0.39 is 61.1 Å². The van der Waals surface area contributed by atoms with Crippen LogP contribution >= 0.6 is 11.3 Å². The number of amides is 2. The van der Waals surface area contributed by atoms with Gasteiger partial charge in [-0.15, -0.1) is 10.2 Å². The summed E-state index contributed by atoms with van der Waals surface area (Å²) in [5.74, 6) is 1.19. The molecule has 0 radical (unpaired) electrons. The van der Waals surface area contributed by atoms with Crippen molar-refractivity contribution in [1.82, 2.24) is 29.5 Å². The quantitative estimate of drug-likeness (QED) is 0.0731. The van der Waals surface area contributed by atoms with E-state index in [4.69, 9.17) is 33.8 Å². The summed E-state index contributed by atoms with van der Waals surface area (Å²) in [6.07, 6.45) is -2.07. The average Bonchev–Trinajstić information content (AvgIpc) is 3.99. The zero-order valence-corrected chi connectivity index (χ0v) is 47.6. The van der Waals surface area contributed by atoms with Gasteiger partial charge in [0.1, 0.15) is 33.3 Å². The fourth-order valence-corrected chi connectivity index (χ4v) is 15.4. The number of hydrogen-bond donors (Lipinski definition) is 0. The highest BCUT2D eigenvalue weighted by Gasteiger charge is 2.40. The minimum Gasteiger partial charge on any atom is -0.497 e. The van der Waals surface area contributed by atoms with Crippen LogP contribution in [0, 0.1) is 0 Å². The van der Waals surface area contributed by atoms with Crippen molar-refractivity contribution in [3.8, 4) is 39.8 Å². The van der Waals surface area contributed by atoms with E-state index in [0.29, 0.717) is 44.7 Å². The Bertz CT molecular complexity index is 3320. The maximum atomic E-state index is 16.3. The molecule has 2 heterocycles. The Hall–Kier alpha value is -6.72. The predicted molar refractivity (Wildman–Crippen MR) is 292 cm³/mol. The van der Waals surface area contributed by atoms with Crippen LogP contribution in [0.15, 0.2) is 113 Å². The summed E-state index contributed by atoms with van der Waals surface area (Å²) in [7, 11) is -6.79. The molecule has 75 heavy (non-hydrogen) atoms. The Morgan fingerprint density at radius 2 is 1.17 bits per heavy atom. The zero-order chi connectivity index (χ0) is 54.7. The summed E-state index contributed by atoms with van der Waals surface area (Å²) < 4.78 is 92.1. The van der Waals surface area contributed by atoms with E-state index in [0.717, 1.165) is 21.8 Å². The molecule has 0 spiro atoms. The van der Waals surface area contributed by atoms with Crippen LogP contribution in [0.5, 0.6) is 17.2 Å². The zero-order valence-electron chi connectivity index (χ0n) is 44.2. The van der Waals surface area contributed by atoms with Crippen LogP contribution in [0.4, 0.5) is 14.7 Å². The lowest BCUT2D eigenvalue weighted by Crippen LogP contribution is -2.43. The minimum absolute atomic E-state index is 0.0971. The summed E-state index contributed by atoms with van der Waals surface area (Å²) in [6.45, 7) is 15.8.